The third-order valence-electron chi connectivity index (χ3n) is 3.13. The molecular weight excluding hydrogens is 279 g/mol. The van der Waals surface area contributed by atoms with Crippen molar-refractivity contribution < 1.29 is 9.18 Å². The van der Waals surface area contributed by atoms with Crippen LogP contribution in [0.1, 0.15) is 37.6 Å². The third-order valence-corrected chi connectivity index (χ3v) is 3.43. The highest BCUT2D eigenvalue weighted by atomic mass is 35.5. The van der Waals surface area contributed by atoms with Gasteiger partial charge in [-0.1, -0.05) is 38.4 Å². The number of amides is 1. The van der Waals surface area contributed by atoms with Crippen LogP contribution in [-0.2, 0) is 0 Å². The van der Waals surface area contributed by atoms with Crippen LogP contribution in [0.15, 0.2) is 18.2 Å². The Morgan fingerprint density at radius 3 is 2.65 bits per heavy atom. The topological polar surface area (TPSA) is 46.3 Å². The van der Waals surface area contributed by atoms with Gasteiger partial charge in [-0.05, 0) is 30.5 Å². The molecular formula is C15H22ClFN2O. The summed E-state index contributed by atoms with van der Waals surface area (Å²) in [6, 6.07) is 4.47. The Morgan fingerprint density at radius 1 is 1.45 bits per heavy atom. The zero-order chi connectivity index (χ0) is 15.3. The summed E-state index contributed by atoms with van der Waals surface area (Å²) >= 11 is 5.73. The van der Waals surface area contributed by atoms with E-state index in [1.807, 2.05) is 20.8 Å². The maximum absolute atomic E-state index is 14.0. The molecule has 0 bridgehead atoms. The molecule has 5 heteroatoms. The smallest absolute Gasteiger partial charge is 0.256 e. The summed E-state index contributed by atoms with van der Waals surface area (Å²) in [5.74, 6) is -1.00. The summed E-state index contributed by atoms with van der Waals surface area (Å²) in [6.07, 6.45) is 0.800. The van der Waals surface area contributed by atoms with Gasteiger partial charge in [0.05, 0.1) is 10.6 Å². The van der Waals surface area contributed by atoms with Crippen LogP contribution in [0.4, 0.5) is 4.39 Å². The van der Waals surface area contributed by atoms with E-state index >= 15 is 0 Å². The van der Waals surface area contributed by atoms with E-state index in [1.54, 1.807) is 11.0 Å². The average molecular weight is 301 g/mol. The quantitative estimate of drug-likeness (QED) is 0.876. The van der Waals surface area contributed by atoms with E-state index in [0.29, 0.717) is 19.6 Å². The van der Waals surface area contributed by atoms with Gasteiger partial charge in [0.1, 0.15) is 0 Å². The first-order valence-electron chi connectivity index (χ1n) is 6.75. The molecule has 0 saturated heterocycles. The minimum atomic E-state index is -0.661. The minimum absolute atomic E-state index is 0.0128. The van der Waals surface area contributed by atoms with Gasteiger partial charge >= 0.3 is 0 Å². The summed E-state index contributed by atoms with van der Waals surface area (Å²) in [5.41, 5.74) is 5.51. The number of nitrogens with two attached hydrogens (primary N) is 1. The molecule has 3 nitrogen and oxygen atoms in total. The molecule has 1 aromatic rings. The van der Waals surface area contributed by atoms with Crippen LogP contribution < -0.4 is 5.73 Å². The van der Waals surface area contributed by atoms with E-state index in [4.69, 9.17) is 17.3 Å². The molecule has 0 atom stereocenters. The van der Waals surface area contributed by atoms with Gasteiger partial charge in [-0.2, -0.15) is 0 Å². The van der Waals surface area contributed by atoms with Gasteiger partial charge in [-0.15, -0.1) is 0 Å². The van der Waals surface area contributed by atoms with Crippen molar-refractivity contribution in [2.45, 2.75) is 27.2 Å². The molecule has 0 aliphatic heterocycles. The molecule has 2 N–H and O–H groups in total. The molecule has 112 valence electrons. The van der Waals surface area contributed by atoms with Crippen molar-refractivity contribution >= 4 is 17.5 Å². The highest BCUT2D eigenvalue weighted by Crippen LogP contribution is 2.22. The van der Waals surface area contributed by atoms with E-state index in [-0.39, 0.29) is 21.9 Å². The molecule has 0 aliphatic carbocycles. The molecule has 1 aromatic carbocycles. The van der Waals surface area contributed by atoms with Gasteiger partial charge in [0.15, 0.2) is 5.82 Å². The Kier molecular flexibility index (Phi) is 5.96. The fourth-order valence-corrected chi connectivity index (χ4v) is 2.12. The maximum atomic E-state index is 14.0. The van der Waals surface area contributed by atoms with Gasteiger partial charge in [0, 0.05) is 13.1 Å². The first-order chi connectivity index (χ1) is 9.32. The zero-order valence-electron chi connectivity index (χ0n) is 12.2. The highest BCUT2D eigenvalue weighted by Gasteiger charge is 2.26. The van der Waals surface area contributed by atoms with Crippen LogP contribution in [-0.4, -0.2) is 30.4 Å². The molecule has 0 saturated carbocycles. The standard InChI is InChI=1S/C15H22ClFN2O/c1-4-8-19(10-15(2,3)9-18)14(20)11-6-5-7-12(16)13(11)17/h5-7H,4,8-10,18H2,1-3H3. The molecule has 0 aliphatic rings. The Balaban J connectivity index is 3.02. The number of benzene rings is 1. The predicted molar refractivity (Wildman–Crippen MR) is 80.4 cm³/mol. The van der Waals surface area contributed by atoms with Crippen LogP contribution in [0.5, 0.6) is 0 Å². The second kappa shape index (κ2) is 7.04. The number of carbonyl (C=O) groups is 1. The third kappa shape index (κ3) is 4.18. The fourth-order valence-electron chi connectivity index (χ4n) is 1.94. The first-order valence-corrected chi connectivity index (χ1v) is 7.13. The van der Waals surface area contributed by atoms with Gasteiger partial charge in [-0.25, -0.2) is 4.39 Å². The molecule has 1 rings (SSSR count). The second-order valence-electron chi connectivity index (χ2n) is 5.70. The van der Waals surface area contributed by atoms with E-state index in [2.05, 4.69) is 0 Å². The second-order valence-corrected chi connectivity index (χ2v) is 6.10. The van der Waals surface area contributed by atoms with Crippen LogP contribution in [0.25, 0.3) is 0 Å². The van der Waals surface area contributed by atoms with Gasteiger partial charge in [-0.3, -0.25) is 4.79 Å². The molecule has 0 heterocycles. The number of rotatable bonds is 6. The average Bonchev–Trinajstić information content (AvgIpc) is 2.40. The van der Waals surface area contributed by atoms with Crippen molar-refractivity contribution in [2.75, 3.05) is 19.6 Å². The monoisotopic (exact) mass is 300 g/mol. The molecule has 0 unspecified atom stereocenters. The molecule has 20 heavy (non-hydrogen) atoms. The van der Waals surface area contributed by atoms with Crippen molar-refractivity contribution in [3.8, 4) is 0 Å². The molecule has 0 fully saturated rings. The Hall–Kier alpha value is -1.13. The Labute approximate surface area is 124 Å². The number of halogens is 2. The summed E-state index contributed by atoms with van der Waals surface area (Å²) < 4.78 is 14.0. The fraction of sp³-hybridized carbons (Fsp3) is 0.533. The molecule has 0 aromatic heterocycles. The minimum Gasteiger partial charge on any atom is -0.338 e. The SMILES string of the molecule is CCCN(CC(C)(C)CN)C(=O)c1cccc(Cl)c1F. The number of hydrogen-bond donors (Lipinski definition) is 1. The van der Waals surface area contributed by atoms with Crippen LogP contribution in [0, 0.1) is 11.2 Å². The largest absolute Gasteiger partial charge is 0.338 e. The molecule has 1 amide bonds. The highest BCUT2D eigenvalue weighted by molar-refractivity contribution is 6.31. The number of nitrogens with zero attached hydrogens (tertiary/aromatic N) is 1. The zero-order valence-corrected chi connectivity index (χ0v) is 13.0. The van der Waals surface area contributed by atoms with E-state index < -0.39 is 5.82 Å². The summed E-state index contributed by atoms with van der Waals surface area (Å²) in [7, 11) is 0. The summed E-state index contributed by atoms with van der Waals surface area (Å²) in [6.45, 7) is 7.45. The summed E-state index contributed by atoms with van der Waals surface area (Å²) in [4.78, 5) is 14.1. The van der Waals surface area contributed by atoms with Gasteiger partial charge in [0.25, 0.3) is 5.91 Å². The Bertz CT molecular complexity index is 477. The predicted octanol–water partition coefficient (Wildman–Crippen LogP) is 3.32. The maximum Gasteiger partial charge on any atom is 0.256 e. The lowest BCUT2D eigenvalue weighted by atomic mass is 9.92. The van der Waals surface area contributed by atoms with Crippen molar-refractivity contribution in [3.63, 3.8) is 0 Å². The van der Waals surface area contributed by atoms with Crippen molar-refractivity contribution in [1.82, 2.24) is 4.90 Å². The lowest BCUT2D eigenvalue weighted by Gasteiger charge is -2.32. The lowest BCUT2D eigenvalue weighted by molar-refractivity contribution is 0.0685. The first kappa shape index (κ1) is 16.9. The van der Waals surface area contributed by atoms with Gasteiger partial charge < -0.3 is 10.6 Å². The number of hydrogen-bond acceptors (Lipinski definition) is 2. The van der Waals surface area contributed by atoms with Gasteiger partial charge in [0.2, 0.25) is 0 Å². The van der Waals surface area contributed by atoms with E-state index in [9.17, 15) is 9.18 Å². The number of carbonyl (C=O) groups excluding carboxylic acids is 1. The van der Waals surface area contributed by atoms with Crippen molar-refractivity contribution in [2.24, 2.45) is 11.1 Å². The molecule has 0 spiro atoms. The normalized spacial score (nSPS) is 11.5. The molecule has 0 radical (unpaired) electrons. The van der Waals surface area contributed by atoms with Crippen molar-refractivity contribution in [1.29, 1.82) is 0 Å². The van der Waals surface area contributed by atoms with Crippen LogP contribution in [0.2, 0.25) is 5.02 Å². The van der Waals surface area contributed by atoms with Crippen LogP contribution in [0.3, 0.4) is 0 Å². The lowest BCUT2D eigenvalue weighted by Crippen LogP contribution is -2.42. The van der Waals surface area contributed by atoms with E-state index in [0.717, 1.165) is 6.42 Å². The van der Waals surface area contributed by atoms with E-state index in [1.165, 1.54) is 12.1 Å². The van der Waals surface area contributed by atoms with Crippen LogP contribution >= 0.6 is 11.6 Å². The van der Waals surface area contributed by atoms with Crippen molar-refractivity contribution in [3.05, 3.63) is 34.6 Å². The Morgan fingerprint density at radius 2 is 2.10 bits per heavy atom. The summed E-state index contributed by atoms with van der Waals surface area (Å²) in [5, 5.41) is -0.0367.